The standard InChI is InChI=1S/C24H28N2O4/c25-13-17-5-4-16-12-18-23(27)6-7-24(28-10-11-29-24)21-22(23,19(16)20(17)30-21)8-9-26(18)14-15-2-1-3-15/h4-5,15,18,21,27H,1-3,6-12,14H2/t18-,21?,22?,23?/m1/s1. The van der Waals surface area contributed by atoms with Crippen molar-refractivity contribution in [3.05, 3.63) is 28.8 Å². The molecule has 3 unspecified atom stereocenters. The van der Waals surface area contributed by atoms with Gasteiger partial charge in [-0.2, -0.15) is 5.26 Å². The van der Waals surface area contributed by atoms with Crippen molar-refractivity contribution < 1.29 is 19.3 Å². The summed E-state index contributed by atoms with van der Waals surface area (Å²) in [6.45, 7) is 3.15. The fourth-order valence-electron chi connectivity index (χ4n) is 7.68. The van der Waals surface area contributed by atoms with Gasteiger partial charge in [0.25, 0.3) is 0 Å². The van der Waals surface area contributed by atoms with Gasteiger partial charge in [-0.05, 0) is 56.2 Å². The zero-order chi connectivity index (χ0) is 20.1. The van der Waals surface area contributed by atoms with Gasteiger partial charge in [0.05, 0.1) is 29.8 Å². The van der Waals surface area contributed by atoms with Crippen molar-refractivity contribution in [1.82, 2.24) is 4.90 Å². The Labute approximate surface area is 176 Å². The molecule has 3 aliphatic carbocycles. The first-order chi connectivity index (χ1) is 14.6. The summed E-state index contributed by atoms with van der Waals surface area (Å²) in [6.07, 6.45) is 6.50. The van der Waals surface area contributed by atoms with Crippen molar-refractivity contribution in [3.63, 3.8) is 0 Å². The lowest BCUT2D eigenvalue weighted by atomic mass is 9.48. The zero-order valence-corrected chi connectivity index (χ0v) is 17.2. The maximum Gasteiger partial charge on any atom is 0.207 e. The summed E-state index contributed by atoms with van der Waals surface area (Å²) < 4.78 is 19.0. The summed E-state index contributed by atoms with van der Waals surface area (Å²) in [6, 6.07) is 6.39. The van der Waals surface area contributed by atoms with Crippen LogP contribution in [0.15, 0.2) is 12.1 Å². The molecular formula is C24H28N2O4. The van der Waals surface area contributed by atoms with Gasteiger partial charge < -0.3 is 19.3 Å². The molecule has 2 saturated carbocycles. The summed E-state index contributed by atoms with van der Waals surface area (Å²) in [7, 11) is 0. The molecule has 0 aromatic heterocycles. The fraction of sp³-hybridized carbons (Fsp3) is 0.708. The van der Waals surface area contributed by atoms with Gasteiger partial charge in [0, 0.05) is 24.6 Å². The van der Waals surface area contributed by atoms with Crippen molar-refractivity contribution in [2.24, 2.45) is 5.92 Å². The first kappa shape index (κ1) is 18.0. The Morgan fingerprint density at radius 1 is 1.17 bits per heavy atom. The molecule has 6 aliphatic rings. The molecule has 4 fully saturated rings. The van der Waals surface area contributed by atoms with Crippen LogP contribution in [0, 0.1) is 17.2 Å². The summed E-state index contributed by atoms with van der Waals surface area (Å²) in [5, 5.41) is 22.2. The van der Waals surface area contributed by atoms with Crippen molar-refractivity contribution in [2.45, 2.75) is 73.9 Å². The van der Waals surface area contributed by atoms with Gasteiger partial charge in [0.1, 0.15) is 11.8 Å². The van der Waals surface area contributed by atoms with Crippen LogP contribution in [0.2, 0.25) is 0 Å². The largest absolute Gasteiger partial charge is 0.482 e. The molecule has 1 aromatic carbocycles. The van der Waals surface area contributed by atoms with Gasteiger partial charge in [-0.15, -0.1) is 0 Å². The van der Waals surface area contributed by atoms with Crippen molar-refractivity contribution >= 4 is 0 Å². The first-order valence-corrected chi connectivity index (χ1v) is 11.6. The number of likely N-dealkylation sites (tertiary alicyclic amines) is 1. The topological polar surface area (TPSA) is 75.0 Å². The Morgan fingerprint density at radius 3 is 2.73 bits per heavy atom. The van der Waals surface area contributed by atoms with E-state index in [0.29, 0.717) is 37.4 Å². The third kappa shape index (κ3) is 1.90. The first-order valence-electron chi connectivity index (χ1n) is 11.6. The van der Waals surface area contributed by atoms with E-state index in [1.165, 1.54) is 24.8 Å². The Hall–Kier alpha value is -1.65. The maximum absolute atomic E-state index is 12.5. The monoisotopic (exact) mass is 408 g/mol. The van der Waals surface area contributed by atoms with E-state index in [4.69, 9.17) is 14.2 Å². The third-order valence-corrected chi connectivity index (χ3v) is 9.21. The van der Waals surface area contributed by atoms with Crippen molar-refractivity contribution in [1.29, 1.82) is 5.26 Å². The molecule has 3 heterocycles. The second-order valence-electron chi connectivity index (χ2n) is 10.3. The van der Waals surface area contributed by atoms with Gasteiger partial charge in [0.15, 0.2) is 6.10 Å². The SMILES string of the molecule is N#Cc1ccc2c3c1OC1C4(CCC5(O)[C@@H](C2)N(CC2CCC2)CCC315)OCCO4. The van der Waals surface area contributed by atoms with Crippen molar-refractivity contribution in [2.75, 3.05) is 26.3 Å². The molecule has 7 rings (SSSR count). The van der Waals surface area contributed by atoms with E-state index in [9.17, 15) is 10.4 Å². The van der Waals surface area contributed by atoms with Gasteiger partial charge in [-0.1, -0.05) is 12.5 Å². The Balaban J connectivity index is 1.42. The number of nitriles is 1. The van der Waals surface area contributed by atoms with E-state index in [-0.39, 0.29) is 6.04 Å². The second-order valence-corrected chi connectivity index (χ2v) is 10.3. The average Bonchev–Trinajstić information content (AvgIpc) is 3.32. The second kappa shape index (κ2) is 5.77. The van der Waals surface area contributed by atoms with Crippen LogP contribution in [0.3, 0.4) is 0 Å². The highest BCUT2D eigenvalue weighted by Gasteiger charge is 2.77. The number of aliphatic hydroxyl groups is 1. The van der Waals surface area contributed by atoms with Gasteiger partial charge in [-0.25, -0.2) is 0 Å². The van der Waals surface area contributed by atoms with Crippen molar-refractivity contribution in [3.8, 4) is 11.8 Å². The quantitative estimate of drug-likeness (QED) is 0.809. The molecule has 2 saturated heterocycles. The lowest BCUT2D eigenvalue weighted by Gasteiger charge is -2.65. The predicted molar refractivity (Wildman–Crippen MR) is 107 cm³/mol. The molecule has 1 N–H and O–H groups in total. The maximum atomic E-state index is 12.5. The number of hydrogen-bond donors (Lipinski definition) is 1. The molecule has 0 radical (unpaired) electrons. The third-order valence-electron chi connectivity index (χ3n) is 9.21. The predicted octanol–water partition coefficient (Wildman–Crippen LogP) is 2.26. The van der Waals surface area contributed by atoms with Crippen LogP contribution in [-0.2, 0) is 21.3 Å². The number of ether oxygens (including phenoxy) is 3. The molecule has 1 aromatic rings. The van der Waals surface area contributed by atoms with Crippen LogP contribution in [0.5, 0.6) is 5.75 Å². The summed E-state index contributed by atoms with van der Waals surface area (Å²) >= 11 is 0. The molecule has 158 valence electrons. The Kier molecular flexibility index (Phi) is 3.46. The number of hydrogen-bond acceptors (Lipinski definition) is 6. The molecule has 0 amide bonds. The molecule has 4 atom stereocenters. The summed E-state index contributed by atoms with van der Waals surface area (Å²) in [4.78, 5) is 2.57. The average molecular weight is 408 g/mol. The highest BCUT2D eigenvalue weighted by Crippen LogP contribution is 2.67. The molecule has 3 aliphatic heterocycles. The Morgan fingerprint density at radius 2 is 2.00 bits per heavy atom. The van der Waals surface area contributed by atoms with E-state index >= 15 is 0 Å². The minimum Gasteiger partial charge on any atom is -0.482 e. The van der Waals surface area contributed by atoms with Gasteiger partial charge >= 0.3 is 0 Å². The smallest absolute Gasteiger partial charge is 0.207 e. The van der Waals surface area contributed by atoms with E-state index in [0.717, 1.165) is 37.4 Å². The van der Waals surface area contributed by atoms with Crippen LogP contribution >= 0.6 is 0 Å². The van der Waals surface area contributed by atoms with Crippen LogP contribution in [0.25, 0.3) is 0 Å². The number of piperidine rings is 1. The minimum absolute atomic E-state index is 0.0862. The zero-order valence-electron chi connectivity index (χ0n) is 17.2. The van der Waals surface area contributed by atoms with E-state index in [1.54, 1.807) is 0 Å². The number of fused-ring (bicyclic) bond motifs is 1. The number of nitrogens with zero attached hydrogens (tertiary/aromatic N) is 2. The highest BCUT2D eigenvalue weighted by atomic mass is 16.8. The molecule has 2 spiro atoms. The van der Waals surface area contributed by atoms with Crippen LogP contribution < -0.4 is 4.74 Å². The van der Waals surface area contributed by atoms with Gasteiger partial charge in [0.2, 0.25) is 5.79 Å². The van der Waals surface area contributed by atoms with Gasteiger partial charge in [-0.3, -0.25) is 4.90 Å². The van der Waals surface area contributed by atoms with E-state index < -0.39 is 22.9 Å². The molecular weight excluding hydrogens is 380 g/mol. The van der Waals surface area contributed by atoms with Crippen LogP contribution in [0.4, 0.5) is 0 Å². The van der Waals surface area contributed by atoms with Crippen LogP contribution in [-0.4, -0.2) is 59.8 Å². The number of benzene rings is 1. The summed E-state index contributed by atoms with van der Waals surface area (Å²) in [5.74, 6) is 0.630. The molecule has 6 nitrogen and oxygen atoms in total. The number of rotatable bonds is 2. The summed E-state index contributed by atoms with van der Waals surface area (Å²) in [5.41, 5.74) is 1.42. The van der Waals surface area contributed by atoms with Crippen LogP contribution in [0.1, 0.15) is 55.2 Å². The lowest BCUT2D eigenvalue weighted by Crippen LogP contribution is -2.79. The minimum atomic E-state index is -0.882. The van der Waals surface area contributed by atoms with E-state index in [2.05, 4.69) is 17.0 Å². The molecule has 2 bridgehead atoms. The molecule has 30 heavy (non-hydrogen) atoms. The fourth-order valence-corrected chi connectivity index (χ4v) is 7.68. The lowest BCUT2D eigenvalue weighted by molar-refractivity contribution is -0.297. The van der Waals surface area contributed by atoms with E-state index in [1.807, 2.05) is 6.07 Å². The highest BCUT2D eigenvalue weighted by molar-refractivity contribution is 5.63. The Bertz CT molecular complexity index is 963. The molecule has 6 heteroatoms. The normalized spacial score (nSPS) is 40.5.